The van der Waals surface area contributed by atoms with E-state index in [-0.39, 0.29) is 17.2 Å². The van der Waals surface area contributed by atoms with Crippen molar-refractivity contribution in [3.8, 4) is 0 Å². The third-order valence-electron chi connectivity index (χ3n) is 2.39. The second-order valence-electron chi connectivity index (χ2n) is 5.46. The highest BCUT2D eigenvalue weighted by atomic mass is 16.5. The average molecular weight is 248 g/mol. The van der Waals surface area contributed by atoms with Crippen molar-refractivity contribution in [2.45, 2.75) is 34.1 Å². The lowest BCUT2D eigenvalue weighted by atomic mass is 9.87. The molecule has 0 unspecified atom stereocenters. The van der Waals surface area contributed by atoms with Crippen LogP contribution in [0.15, 0.2) is 24.3 Å². The molecule has 0 aliphatic rings. The molecule has 3 heteroatoms. The quantitative estimate of drug-likeness (QED) is 0.605. The second kappa shape index (κ2) is 5.80. The smallest absolute Gasteiger partial charge is 0.338 e. The number of benzene rings is 1. The molecule has 0 saturated heterocycles. The monoisotopic (exact) mass is 248 g/mol. The Labute approximate surface area is 108 Å². The van der Waals surface area contributed by atoms with Gasteiger partial charge in [0.2, 0.25) is 0 Å². The summed E-state index contributed by atoms with van der Waals surface area (Å²) in [7, 11) is 0. The van der Waals surface area contributed by atoms with E-state index in [0.717, 1.165) is 0 Å². The lowest BCUT2D eigenvalue weighted by molar-refractivity contribution is 0.0526. The van der Waals surface area contributed by atoms with E-state index in [1.54, 1.807) is 31.2 Å². The molecule has 1 rings (SSSR count). The summed E-state index contributed by atoms with van der Waals surface area (Å²) in [6.45, 7) is 8.13. The van der Waals surface area contributed by atoms with Crippen LogP contribution >= 0.6 is 0 Å². The molecule has 0 amide bonds. The summed E-state index contributed by atoms with van der Waals surface area (Å²) in [6, 6.07) is 6.71. The molecule has 0 saturated carbocycles. The lowest BCUT2D eigenvalue weighted by Gasteiger charge is -2.16. The van der Waals surface area contributed by atoms with Gasteiger partial charge in [-0.25, -0.2) is 4.79 Å². The van der Waals surface area contributed by atoms with Crippen LogP contribution in [0.4, 0.5) is 0 Å². The van der Waals surface area contributed by atoms with Crippen molar-refractivity contribution in [3.05, 3.63) is 35.4 Å². The van der Waals surface area contributed by atoms with Crippen molar-refractivity contribution in [2.75, 3.05) is 6.61 Å². The summed E-state index contributed by atoms with van der Waals surface area (Å²) in [4.78, 5) is 23.6. The molecule has 3 nitrogen and oxygen atoms in total. The lowest BCUT2D eigenvalue weighted by Crippen LogP contribution is -2.14. The fourth-order valence-electron chi connectivity index (χ4n) is 1.62. The maximum absolute atomic E-state index is 12.0. The number of ketones is 1. The third-order valence-corrected chi connectivity index (χ3v) is 2.39. The zero-order valence-electron chi connectivity index (χ0n) is 11.4. The van der Waals surface area contributed by atoms with Crippen molar-refractivity contribution in [3.63, 3.8) is 0 Å². The zero-order valence-corrected chi connectivity index (χ0v) is 11.4. The van der Waals surface area contributed by atoms with E-state index >= 15 is 0 Å². The molecule has 98 valence electrons. The molecule has 0 fully saturated rings. The van der Waals surface area contributed by atoms with Crippen molar-refractivity contribution >= 4 is 11.8 Å². The molecule has 0 radical (unpaired) electrons. The minimum absolute atomic E-state index is 0.0497. The Kier molecular flexibility index (Phi) is 4.65. The highest BCUT2D eigenvalue weighted by Crippen LogP contribution is 2.22. The van der Waals surface area contributed by atoms with E-state index < -0.39 is 0 Å². The number of rotatable bonds is 4. The normalized spacial score (nSPS) is 11.1. The van der Waals surface area contributed by atoms with E-state index in [9.17, 15) is 9.59 Å². The Balaban J connectivity index is 2.88. The minimum Gasteiger partial charge on any atom is -0.462 e. The van der Waals surface area contributed by atoms with Crippen LogP contribution < -0.4 is 0 Å². The van der Waals surface area contributed by atoms with Crippen LogP contribution in [0, 0.1) is 5.41 Å². The van der Waals surface area contributed by atoms with Crippen LogP contribution in [-0.2, 0) is 4.74 Å². The van der Waals surface area contributed by atoms with Gasteiger partial charge >= 0.3 is 5.97 Å². The van der Waals surface area contributed by atoms with Gasteiger partial charge in [0.15, 0.2) is 5.78 Å². The van der Waals surface area contributed by atoms with Crippen molar-refractivity contribution in [2.24, 2.45) is 5.41 Å². The van der Waals surface area contributed by atoms with E-state index in [1.165, 1.54) is 0 Å². The fraction of sp³-hybridized carbons (Fsp3) is 0.467. The van der Waals surface area contributed by atoms with E-state index in [2.05, 4.69) is 0 Å². The summed E-state index contributed by atoms with van der Waals surface area (Å²) in [5, 5.41) is 0. The van der Waals surface area contributed by atoms with Gasteiger partial charge in [-0.1, -0.05) is 32.9 Å². The molecule has 0 aromatic heterocycles. The Morgan fingerprint density at radius 1 is 1.17 bits per heavy atom. The van der Waals surface area contributed by atoms with E-state index in [0.29, 0.717) is 24.2 Å². The van der Waals surface area contributed by atoms with Crippen LogP contribution in [0.1, 0.15) is 54.8 Å². The highest BCUT2D eigenvalue weighted by Gasteiger charge is 2.18. The number of ether oxygens (including phenoxy) is 1. The van der Waals surface area contributed by atoms with Crippen molar-refractivity contribution in [1.29, 1.82) is 0 Å². The predicted molar refractivity (Wildman–Crippen MR) is 70.8 cm³/mol. The molecular formula is C15H20O3. The van der Waals surface area contributed by atoms with E-state index in [4.69, 9.17) is 4.74 Å². The molecule has 0 N–H and O–H groups in total. The molecule has 1 aromatic carbocycles. The summed E-state index contributed by atoms with van der Waals surface area (Å²) in [5.74, 6) is -0.337. The fourth-order valence-corrected chi connectivity index (χ4v) is 1.62. The molecule has 0 bridgehead atoms. The first kappa shape index (κ1) is 14.4. The van der Waals surface area contributed by atoms with Crippen LogP contribution in [-0.4, -0.2) is 18.4 Å². The van der Waals surface area contributed by atoms with Crippen molar-refractivity contribution < 1.29 is 14.3 Å². The first-order valence-corrected chi connectivity index (χ1v) is 6.14. The van der Waals surface area contributed by atoms with Gasteiger partial charge in [-0.15, -0.1) is 0 Å². The maximum Gasteiger partial charge on any atom is 0.338 e. The molecule has 1 aromatic rings. The van der Waals surface area contributed by atoms with Crippen LogP contribution in [0.2, 0.25) is 0 Å². The highest BCUT2D eigenvalue weighted by molar-refractivity contribution is 5.99. The van der Waals surface area contributed by atoms with Gasteiger partial charge in [-0.05, 0) is 24.5 Å². The number of Topliss-reactive ketones (excluding diaryl/α,β-unsaturated/α-hetero) is 1. The summed E-state index contributed by atoms with van der Waals surface area (Å²) >= 11 is 0. The summed E-state index contributed by atoms with van der Waals surface area (Å²) < 4.78 is 4.91. The van der Waals surface area contributed by atoms with Gasteiger partial charge < -0.3 is 4.74 Å². The standard InChI is InChI=1S/C15H20O3/c1-5-18-14(17)12-8-6-7-11(9-12)13(16)10-15(2,3)4/h6-9H,5,10H2,1-4H3. The minimum atomic E-state index is -0.386. The average Bonchev–Trinajstić information content (AvgIpc) is 2.27. The maximum atomic E-state index is 12.0. The Bertz CT molecular complexity index is 441. The Hall–Kier alpha value is -1.64. The van der Waals surface area contributed by atoms with Crippen LogP contribution in [0.25, 0.3) is 0 Å². The van der Waals surface area contributed by atoms with Gasteiger partial charge in [0.25, 0.3) is 0 Å². The third kappa shape index (κ3) is 4.32. The number of carbonyl (C=O) groups excluding carboxylic acids is 2. The molecule has 0 aliphatic carbocycles. The largest absolute Gasteiger partial charge is 0.462 e. The molecule has 0 aliphatic heterocycles. The first-order valence-electron chi connectivity index (χ1n) is 6.14. The van der Waals surface area contributed by atoms with Gasteiger partial charge in [0, 0.05) is 12.0 Å². The van der Waals surface area contributed by atoms with Crippen LogP contribution in [0.5, 0.6) is 0 Å². The van der Waals surface area contributed by atoms with Gasteiger partial charge in [0.05, 0.1) is 12.2 Å². The molecule has 0 atom stereocenters. The molecule has 0 heterocycles. The predicted octanol–water partition coefficient (Wildman–Crippen LogP) is 3.48. The number of carbonyl (C=O) groups is 2. The van der Waals surface area contributed by atoms with E-state index in [1.807, 2.05) is 20.8 Å². The number of hydrogen-bond acceptors (Lipinski definition) is 3. The van der Waals surface area contributed by atoms with Gasteiger partial charge in [-0.2, -0.15) is 0 Å². The number of esters is 1. The van der Waals surface area contributed by atoms with Gasteiger partial charge in [0.1, 0.15) is 0 Å². The SMILES string of the molecule is CCOC(=O)c1cccc(C(=O)CC(C)(C)C)c1. The second-order valence-corrected chi connectivity index (χ2v) is 5.46. The van der Waals surface area contributed by atoms with Crippen LogP contribution in [0.3, 0.4) is 0 Å². The number of hydrogen-bond donors (Lipinski definition) is 0. The zero-order chi connectivity index (χ0) is 13.8. The Morgan fingerprint density at radius 3 is 2.33 bits per heavy atom. The first-order chi connectivity index (χ1) is 8.33. The summed E-state index contributed by atoms with van der Waals surface area (Å²) in [5.41, 5.74) is 0.934. The van der Waals surface area contributed by atoms with Gasteiger partial charge in [-0.3, -0.25) is 4.79 Å². The van der Waals surface area contributed by atoms with Crippen molar-refractivity contribution in [1.82, 2.24) is 0 Å². The summed E-state index contributed by atoms with van der Waals surface area (Å²) in [6.07, 6.45) is 0.458. The molecular weight excluding hydrogens is 228 g/mol. The Morgan fingerprint density at radius 2 is 1.78 bits per heavy atom. The topological polar surface area (TPSA) is 43.4 Å². The molecule has 0 spiro atoms. The molecule has 18 heavy (non-hydrogen) atoms.